The van der Waals surface area contributed by atoms with Crippen LogP contribution in [0.5, 0.6) is 5.75 Å². The molecular formula is C24H31Cl2N3O5S. The summed E-state index contributed by atoms with van der Waals surface area (Å²) in [7, 11) is -2.43. The molecule has 0 bridgehead atoms. The molecule has 0 saturated heterocycles. The Morgan fingerprint density at radius 2 is 1.71 bits per heavy atom. The predicted octanol–water partition coefficient (Wildman–Crippen LogP) is 3.96. The van der Waals surface area contributed by atoms with Crippen LogP contribution in [-0.2, 0) is 26.2 Å². The van der Waals surface area contributed by atoms with Gasteiger partial charge >= 0.3 is 0 Å². The van der Waals surface area contributed by atoms with Gasteiger partial charge < -0.3 is 15.0 Å². The van der Waals surface area contributed by atoms with Crippen molar-refractivity contribution in [3.05, 3.63) is 58.1 Å². The minimum atomic E-state index is -3.87. The van der Waals surface area contributed by atoms with Gasteiger partial charge in [0.25, 0.3) is 0 Å². The van der Waals surface area contributed by atoms with Crippen molar-refractivity contribution in [1.29, 1.82) is 0 Å². The zero-order chi connectivity index (χ0) is 26.3. The highest BCUT2D eigenvalue weighted by Crippen LogP contribution is 2.30. The number of amides is 2. The number of nitrogens with zero attached hydrogens (tertiary/aromatic N) is 2. The second kappa shape index (κ2) is 12.5. The van der Waals surface area contributed by atoms with Crippen molar-refractivity contribution in [2.24, 2.45) is 5.92 Å². The molecule has 11 heteroatoms. The molecule has 0 saturated carbocycles. The Kier molecular flexibility index (Phi) is 10.2. The SMILES string of the molecule is COc1ccc(N(CC(=O)N(Cc2ccccc2Cl)[C@@H](C)C(=O)NCC(C)C)S(C)(=O)=O)cc1Cl. The van der Waals surface area contributed by atoms with Crippen LogP contribution in [0.3, 0.4) is 0 Å². The van der Waals surface area contributed by atoms with Crippen LogP contribution >= 0.6 is 23.2 Å². The predicted molar refractivity (Wildman–Crippen MR) is 140 cm³/mol. The van der Waals surface area contributed by atoms with E-state index in [0.717, 1.165) is 10.6 Å². The molecular weight excluding hydrogens is 513 g/mol. The van der Waals surface area contributed by atoms with Gasteiger partial charge in [0.05, 0.1) is 24.1 Å². The van der Waals surface area contributed by atoms with E-state index in [1.165, 1.54) is 30.2 Å². The van der Waals surface area contributed by atoms with Crippen LogP contribution in [-0.4, -0.2) is 57.6 Å². The van der Waals surface area contributed by atoms with Gasteiger partial charge in [-0.25, -0.2) is 8.42 Å². The maximum Gasteiger partial charge on any atom is 0.244 e. The molecule has 2 amide bonds. The van der Waals surface area contributed by atoms with E-state index in [9.17, 15) is 18.0 Å². The van der Waals surface area contributed by atoms with Crippen LogP contribution in [0.1, 0.15) is 26.3 Å². The van der Waals surface area contributed by atoms with Crippen molar-refractivity contribution in [3.63, 3.8) is 0 Å². The van der Waals surface area contributed by atoms with Gasteiger partial charge in [-0.2, -0.15) is 0 Å². The fraction of sp³-hybridized carbons (Fsp3) is 0.417. The van der Waals surface area contributed by atoms with Crippen molar-refractivity contribution in [2.45, 2.75) is 33.4 Å². The first-order chi connectivity index (χ1) is 16.3. The molecule has 0 radical (unpaired) electrons. The lowest BCUT2D eigenvalue weighted by atomic mass is 10.1. The summed E-state index contributed by atoms with van der Waals surface area (Å²) in [5.74, 6) is -0.336. The molecule has 8 nitrogen and oxygen atoms in total. The lowest BCUT2D eigenvalue weighted by Gasteiger charge is -2.32. The number of methoxy groups -OCH3 is 1. The Morgan fingerprint density at radius 3 is 2.26 bits per heavy atom. The molecule has 0 unspecified atom stereocenters. The normalized spacial score (nSPS) is 12.2. The van der Waals surface area contributed by atoms with E-state index in [2.05, 4.69) is 5.32 Å². The number of carbonyl (C=O) groups is 2. The number of sulfonamides is 1. The number of hydrogen-bond acceptors (Lipinski definition) is 5. The number of halogens is 2. The third-order valence-corrected chi connectivity index (χ3v) is 7.06. The van der Waals surface area contributed by atoms with Gasteiger partial charge in [-0.05, 0) is 42.7 Å². The highest BCUT2D eigenvalue weighted by molar-refractivity contribution is 7.92. The van der Waals surface area contributed by atoms with Crippen LogP contribution in [0.15, 0.2) is 42.5 Å². The van der Waals surface area contributed by atoms with E-state index in [1.54, 1.807) is 31.2 Å². The Bertz CT molecular complexity index is 1160. The van der Waals surface area contributed by atoms with Crippen LogP contribution < -0.4 is 14.4 Å². The number of nitrogens with one attached hydrogen (secondary N) is 1. The Morgan fingerprint density at radius 1 is 1.06 bits per heavy atom. The van der Waals surface area contributed by atoms with Crippen LogP contribution in [0.4, 0.5) is 5.69 Å². The van der Waals surface area contributed by atoms with E-state index in [4.69, 9.17) is 27.9 Å². The van der Waals surface area contributed by atoms with Crippen molar-refractivity contribution in [1.82, 2.24) is 10.2 Å². The summed E-state index contributed by atoms with van der Waals surface area (Å²) in [6.45, 7) is 5.45. The smallest absolute Gasteiger partial charge is 0.244 e. The highest BCUT2D eigenvalue weighted by atomic mass is 35.5. The fourth-order valence-corrected chi connectivity index (χ4v) is 4.56. The van der Waals surface area contributed by atoms with E-state index in [-0.39, 0.29) is 29.1 Å². The first-order valence-electron chi connectivity index (χ1n) is 11.0. The standard InChI is InChI=1S/C24H31Cl2N3O5S/c1-16(2)13-27-24(31)17(3)28(14-18-8-6-7-9-20(18)25)23(30)15-29(35(5,32)33)19-10-11-22(34-4)21(26)12-19/h6-12,16-17H,13-15H2,1-5H3,(H,27,31)/t17-/m0/s1. The second-order valence-electron chi connectivity index (χ2n) is 8.52. The molecule has 0 aliphatic heterocycles. The van der Waals surface area contributed by atoms with Gasteiger partial charge in [0, 0.05) is 18.1 Å². The van der Waals surface area contributed by atoms with Gasteiger partial charge in [-0.3, -0.25) is 13.9 Å². The number of anilines is 1. The zero-order valence-electron chi connectivity index (χ0n) is 20.4. The van der Waals surface area contributed by atoms with Gasteiger partial charge in [-0.15, -0.1) is 0 Å². The van der Waals surface area contributed by atoms with Gasteiger partial charge in [0.15, 0.2) is 0 Å². The lowest BCUT2D eigenvalue weighted by Crippen LogP contribution is -2.51. The fourth-order valence-electron chi connectivity index (χ4n) is 3.27. The number of carbonyl (C=O) groups excluding carboxylic acids is 2. The molecule has 0 aliphatic carbocycles. The summed E-state index contributed by atoms with van der Waals surface area (Å²) in [4.78, 5) is 27.7. The first-order valence-corrected chi connectivity index (χ1v) is 13.6. The maximum absolute atomic E-state index is 13.5. The third kappa shape index (κ3) is 8.02. The molecule has 2 aromatic carbocycles. The Hall–Kier alpha value is -2.49. The van der Waals surface area contributed by atoms with E-state index >= 15 is 0 Å². The highest BCUT2D eigenvalue weighted by Gasteiger charge is 2.30. The van der Waals surface area contributed by atoms with Gasteiger partial charge in [0.2, 0.25) is 21.8 Å². The van der Waals surface area contributed by atoms with Crippen molar-refractivity contribution in [2.75, 3.05) is 30.8 Å². The summed E-state index contributed by atoms with van der Waals surface area (Å²) >= 11 is 12.5. The van der Waals surface area contributed by atoms with Crippen molar-refractivity contribution < 1.29 is 22.7 Å². The molecule has 0 heterocycles. The summed E-state index contributed by atoms with van der Waals surface area (Å²) in [5, 5.41) is 3.45. The summed E-state index contributed by atoms with van der Waals surface area (Å²) in [5.41, 5.74) is 0.825. The molecule has 2 aromatic rings. The number of hydrogen-bond donors (Lipinski definition) is 1. The number of rotatable bonds is 11. The van der Waals surface area contributed by atoms with Crippen LogP contribution in [0.2, 0.25) is 10.0 Å². The summed E-state index contributed by atoms with van der Waals surface area (Å²) < 4.78 is 31.3. The number of benzene rings is 2. The van der Waals surface area contributed by atoms with E-state index in [1.807, 2.05) is 13.8 Å². The second-order valence-corrected chi connectivity index (χ2v) is 11.2. The van der Waals surface area contributed by atoms with Crippen molar-refractivity contribution >= 4 is 50.7 Å². The molecule has 0 spiro atoms. The average Bonchev–Trinajstić information content (AvgIpc) is 2.79. The molecule has 0 aliphatic rings. The zero-order valence-corrected chi connectivity index (χ0v) is 22.7. The van der Waals surface area contributed by atoms with E-state index < -0.39 is 28.5 Å². The quantitative estimate of drug-likeness (QED) is 0.462. The molecule has 1 atom stereocenters. The minimum absolute atomic E-state index is 0.0236. The largest absolute Gasteiger partial charge is 0.495 e. The molecule has 192 valence electrons. The third-order valence-electron chi connectivity index (χ3n) is 5.25. The average molecular weight is 545 g/mol. The van der Waals surface area contributed by atoms with Crippen LogP contribution in [0.25, 0.3) is 0 Å². The number of ether oxygens (including phenoxy) is 1. The maximum atomic E-state index is 13.5. The monoisotopic (exact) mass is 543 g/mol. The summed E-state index contributed by atoms with van der Waals surface area (Å²) in [6.07, 6.45) is 0.996. The van der Waals surface area contributed by atoms with E-state index in [0.29, 0.717) is 22.9 Å². The van der Waals surface area contributed by atoms with Crippen molar-refractivity contribution in [3.8, 4) is 5.75 Å². The first kappa shape index (κ1) is 28.7. The lowest BCUT2D eigenvalue weighted by molar-refractivity contribution is -0.139. The summed E-state index contributed by atoms with van der Waals surface area (Å²) in [6, 6.07) is 10.5. The Labute approximate surface area is 217 Å². The topological polar surface area (TPSA) is 96.0 Å². The molecule has 2 rings (SSSR count). The molecule has 0 aromatic heterocycles. The molecule has 0 fully saturated rings. The molecule has 1 N–H and O–H groups in total. The van der Waals surface area contributed by atoms with Crippen LogP contribution in [0, 0.1) is 5.92 Å². The van der Waals surface area contributed by atoms with Gasteiger partial charge in [0.1, 0.15) is 18.3 Å². The minimum Gasteiger partial charge on any atom is -0.495 e. The van der Waals surface area contributed by atoms with Gasteiger partial charge in [-0.1, -0.05) is 55.2 Å². The molecule has 35 heavy (non-hydrogen) atoms. The Balaban J connectivity index is 2.41.